The number of hydrogen-bond donors (Lipinski definition) is 1. The van der Waals surface area contributed by atoms with E-state index in [0.29, 0.717) is 16.9 Å². The first-order valence-corrected chi connectivity index (χ1v) is 10.3. The topological polar surface area (TPSA) is 69.7 Å². The second-order valence-corrected chi connectivity index (χ2v) is 8.28. The van der Waals surface area contributed by atoms with Crippen LogP contribution in [-0.2, 0) is 10.2 Å². The predicted octanol–water partition coefficient (Wildman–Crippen LogP) is 2.34. The molecule has 0 saturated heterocycles. The highest BCUT2D eigenvalue weighted by Gasteiger charge is 2.37. The summed E-state index contributed by atoms with van der Waals surface area (Å²) in [5, 5.41) is 2.78. The summed E-state index contributed by atoms with van der Waals surface area (Å²) in [6.07, 6.45) is 1.97. The minimum atomic E-state index is -3.58. The molecule has 2 aromatic rings. The SMILES string of the molecule is CSc1ccc(C(=O)NCCN2c3ccccc3N(C)S2(=O)=O)cc1. The number of hydrogen-bond acceptors (Lipinski definition) is 4. The molecule has 1 amide bonds. The van der Waals surface area contributed by atoms with Crippen molar-refractivity contribution in [2.24, 2.45) is 0 Å². The minimum Gasteiger partial charge on any atom is -0.350 e. The van der Waals surface area contributed by atoms with E-state index < -0.39 is 10.2 Å². The number of rotatable bonds is 5. The summed E-state index contributed by atoms with van der Waals surface area (Å²) >= 11 is 1.61. The van der Waals surface area contributed by atoms with Gasteiger partial charge in [-0.1, -0.05) is 12.1 Å². The number of para-hydroxylation sites is 2. The highest BCUT2D eigenvalue weighted by Crippen LogP contribution is 2.38. The molecule has 0 aromatic heterocycles. The smallest absolute Gasteiger partial charge is 0.326 e. The zero-order valence-corrected chi connectivity index (χ0v) is 15.6. The Bertz CT molecular complexity index is 882. The summed E-state index contributed by atoms with van der Waals surface area (Å²) in [5.41, 5.74) is 1.82. The first kappa shape index (κ1) is 17.6. The standard InChI is InChI=1S/C17H19N3O3S2/c1-19-15-5-3-4-6-16(15)20(25(19,22)23)12-11-18-17(21)13-7-9-14(24-2)10-8-13/h3-10H,11-12H2,1-2H3,(H,18,21). The fourth-order valence-corrected chi connectivity index (χ4v) is 4.52. The molecule has 132 valence electrons. The van der Waals surface area contributed by atoms with Gasteiger partial charge in [-0.25, -0.2) is 4.31 Å². The van der Waals surface area contributed by atoms with Crippen molar-refractivity contribution in [1.29, 1.82) is 0 Å². The maximum Gasteiger partial charge on any atom is 0.326 e. The summed E-state index contributed by atoms with van der Waals surface area (Å²) < 4.78 is 27.6. The second-order valence-electron chi connectivity index (χ2n) is 5.52. The van der Waals surface area contributed by atoms with Gasteiger partial charge >= 0.3 is 10.2 Å². The van der Waals surface area contributed by atoms with Crippen LogP contribution in [0.5, 0.6) is 0 Å². The van der Waals surface area contributed by atoms with Crippen LogP contribution in [0.1, 0.15) is 10.4 Å². The van der Waals surface area contributed by atoms with Crippen molar-refractivity contribution in [3.63, 3.8) is 0 Å². The Morgan fingerprint density at radius 2 is 1.72 bits per heavy atom. The van der Waals surface area contributed by atoms with Gasteiger partial charge in [0.15, 0.2) is 0 Å². The van der Waals surface area contributed by atoms with Crippen LogP contribution >= 0.6 is 11.8 Å². The van der Waals surface area contributed by atoms with Crippen LogP contribution in [0, 0.1) is 0 Å². The molecule has 0 atom stereocenters. The van der Waals surface area contributed by atoms with E-state index in [1.54, 1.807) is 48.2 Å². The molecule has 25 heavy (non-hydrogen) atoms. The van der Waals surface area contributed by atoms with Crippen LogP contribution in [0.25, 0.3) is 0 Å². The minimum absolute atomic E-state index is 0.179. The van der Waals surface area contributed by atoms with Gasteiger partial charge in [-0.2, -0.15) is 8.42 Å². The van der Waals surface area contributed by atoms with Crippen molar-refractivity contribution in [2.75, 3.05) is 35.0 Å². The van der Waals surface area contributed by atoms with Crippen molar-refractivity contribution < 1.29 is 13.2 Å². The zero-order valence-electron chi connectivity index (χ0n) is 14.0. The maximum atomic E-state index is 12.5. The molecule has 0 bridgehead atoms. The summed E-state index contributed by atoms with van der Waals surface area (Å²) in [4.78, 5) is 13.3. The number of carbonyl (C=O) groups is 1. The highest BCUT2D eigenvalue weighted by atomic mass is 32.2. The second kappa shape index (κ2) is 6.97. The molecular weight excluding hydrogens is 358 g/mol. The molecule has 0 fully saturated rings. The van der Waals surface area contributed by atoms with E-state index in [-0.39, 0.29) is 19.0 Å². The first-order valence-electron chi connectivity index (χ1n) is 7.73. The molecule has 0 saturated carbocycles. The third-order valence-electron chi connectivity index (χ3n) is 4.07. The van der Waals surface area contributed by atoms with Crippen LogP contribution < -0.4 is 13.9 Å². The largest absolute Gasteiger partial charge is 0.350 e. The van der Waals surface area contributed by atoms with Gasteiger partial charge in [0.1, 0.15) is 0 Å². The summed E-state index contributed by atoms with van der Waals surface area (Å²) in [7, 11) is -2.06. The van der Waals surface area contributed by atoms with Crippen molar-refractivity contribution in [3.05, 3.63) is 54.1 Å². The van der Waals surface area contributed by atoms with Crippen LogP contribution in [0.2, 0.25) is 0 Å². The molecular formula is C17H19N3O3S2. The van der Waals surface area contributed by atoms with Crippen molar-refractivity contribution in [2.45, 2.75) is 4.90 Å². The van der Waals surface area contributed by atoms with Gasteiger partial charge in [0.05, 0.1) is 17.9 Å². The Labute approximate surface area is 152 Å². The summed E-state index contributed by atoms with van der Waals surface area (Å²) in [5.74, 6) is -0.217. The molecule has 1 N–H and O–H groups in total. The lowest BCUT2D eigenvalue weighted by Gasteiger charge is -2.19. The number of amides is 1. The van der Waals surface area contributed by atoms with Crippen molar-refractivity contribution in [1.82, 2.24) is 5.32 Å². The lowest BCUT2D eigenvalue weighted by atomic mass is 10.2. The highest BCUT2D eigenvalue weighted by molar-refractivity contribution is 7.98. The number of benzene rings is 2. The Hall–Kier alpha value is -2.19. The van der Waals surface area contributed by atoms with Gasteiger partial charge < -0.3 is 5.32 Å². The monoisotopic (exact) mass is 377 g/mol. The number of nitrogens with zero attached hydrogens (tertiary/aromatic N) is 2. The van der Waals surface area contributed by atoms with E-state index in [1.165, 1.54) is 15.7 Å². The quantitative estimate of drug-likeness (QED) is 0.812. The van der Waals surface area contributed by atoms with Crippen LogP contribution in [0.15, 0.2) is 53.4 Å². The van der Waals surface area contributed by atoms with Crippen LogP contribution in [0.3, 0.4) is 0 Å². The van der Waals surface area contributed by atoms with Crippen molar-refractivity contribution >= 4 is 39.3 Å². The predicted molar refractivity (Wildman–Crippen MR) is 102 cm³/mol. The fourth-order valence-electron chi connectivity index (χ4n) is 2.69. The zero-order chi connectivity index (χ0) is 18.0. The van der Waals surface area contributed by atoms with Gasteiger partial charge in [0, 0.05) is 24.1 Å². The van der Waals surface area contributed by atoms with E-state index >= 15 is 0 Å². The molecule has 3 rings (SSSR count). The third-order valence-corrected chi connectivity index (χ3v) is 6.64. The summed E-state index contributed by atoms with van der Waals surface area (Å²) in [6.45, 7) is 0.406. The molecule has 1 aliphatic rings. The van der Waals surface area contributed by atoms with Gasteiger partial charge in [0.2, 0.25) is 0 Å². The molecule has 0 aliphatic carbocycles. The molecule has 6 nitrogen and oxygen atoms in total. The average Bonchev–Trinajstić information content (AvgIpc) is 2.82. The first-order chi connectivity index (χ1) is 11.9. The van der Waals surface area contributed by atoms with Gasteiger partial charge in [-0.15, -0.1) is 11.8 Å². The number of thioether (sulfide) groups is 1. The van der Waals surface area contributed by atoms with Crippen LogP contribution in [-0.4, -0.2) is 40.7 Å². The van der Waals surface area contributed by atoms with Gasteiger partial charge in [-0.05, 0) is 42.7 Å². The third kappa shape index (κ3) is 3.32. The maximum absolute atomic E-state index is 12.5. The number of carbonyl (C=O) groups excluding carboxylic acids is 1. The molecule has 1 aliphatic heterocycles. The molecule has 0 spiro atoms. The molecule has 0 unspecified atom stereocenters. The normalized spacial score (nSPS) is 15.1. The van der Waals surface area contributed by atoms with E-state index in [9.17, 15) is 13.2 Å². The Kier molecular flexibility index (Phi) is 4.91. The lowest BCUT2D eigenvalue weighted by molar-refractivity contribution is 0.0955. The van der Waals surface area contributed by atoms with E-state index in [1.807, 2.05) is 18.4 Å². The summed E-state index contributed by atoms with van der Waals surface area (Å²) in [6, 6.07) is 14.4. The van der Waals surface area contributed by atoms with Crippen LogP contribution in [0.4, 0.5) is 11.4 Å². The number of anilines is 2. The molecule has 2 aromatic carbocycles. The molecule has 1 heterocycles. The lowest BCUT2D eigenvalue weighted by Crippen LogP contribution is -2.40. The number of fused-ring (bicyclic) bond motifs is 1. The Morgan fingerprint density at radius 1 is 1.08 bits per heavy atom. The fraction of sp³-hybridized carbons (Fsp3) is 0.235. The van der Waals surface area contributed by atoms with E-state index in [2.05, 4.69) is 5.32 Å². The Morgan fingerprint density at radius 3 is 2.36 bits per heavy atom. The molecule has 8 heteroatoms. The Balaban J connectivity index is 1.66. The van der Waals surface area contributed by atoms with E-state index in [4.69, 9.17) is 0 Å². The van der Waals surface area contributed by atoms with E-state index in [0.717, 1.165) is 4.90 Å². The molecule has 0 radical (unpaired) electrons. The van der Waals surface area contributed by atoms with Gasteiger partial charge in [0.25, 0.3) is 5.91 Å². The average molecular weight is 377 g/mol. The van der Waals surface area contributed by atoms with Gasteiger partial charge in [-0.3, -0.25) is 9.10 Å². The number of nitrogens with one attached hydrogen (secondary N) is 1. The van der Waals surface area contributed by atoms with Crippen molar-refractivity contribution in [3.8, 4) is 0 Å².